The van der Waals surface area contributed by atoms with E-state index in [1.165, 1.54) is 37.4 Å². The van der Waals surface area contributed by atoms with Gasteiger partial charge in [0.2, 0.25) is 0 Å². The molecule has 6 heteroatoms. The highest BCUT2D eigenvalue weighted by atomic mass is 19.1. The number of Topliss-reactive ketones (excluding diaryl/α,β-unsaturated/α-hetero) is 2. The number of aromatic nitrogens is 1. The molecule has 120 valence electrons. The van der Waals surface area contributed by atoms with Crippen LogP contribution in [0.3, 0.4) is 0 Å². The normalized spacial score (nSPS) is 10.6. The van der Waals surface area contributed by atoms with E-state index in [0.29, 0.717) is 22.2 Å². The van der Waals surface area contributed by atoms with Gasteiger partial charge in [0.15, 0.2) is 5.78 Å². The molecule has 0 radical (unpaired) electrons. The second-order valence-electron chi connectivity index (χ2n) is 5.31. The Labute approximate surface area is 136 Å². The van der Waals surface area contributed by atoms with Gasteiger partial charge in [0.25, 0.3) is 11.7 Å². The number of hydrogen-bond donors (Lipinski definition) is 2. The first-order valence-electron chi connectivity index (χ1n) is 7.19. The van der Waals surface area contributed by atoms with Crippen LogP contribution in [0.25, 0.3) is 10.9 Å². The van der Waals surface area contributed by atoms with Crippen molar-refractivity contribution in [3.05, 3.63) is 65.6 Å². The Kier molecular flexibility index (Phi) is 3.95. The van der Waals surface area contributed by atoms with Gasteiger partial charge in [0, 0.05) is 28.4 Å². The van der Waals surface area contributed by atoms with Crippen molar-refractivity contribution in [2.45, 2.75) is 6.92 Å². The molecule has 1 heterocycles. The van der Waals surface area contributed by atoms with Gasteiger partial charge in [0.05, 0.1) is 5.56 Å². The molecule has 0 aliphatic heterocycles. The summed E-state index contributed by atoms with van der Waals surface area (Å²) in [4.78, 5) is 38.6. The monoisotopic (exact) mass is 324 g/mol. The zero-order valence-corrected chi connectivity index (χ0v) is 12.7. The quantitative estimate of drug-likeness (QED) is 0.571. The van der Waals surface area contributed by atoms with Crippen molar-refractivity contribution >= 4 is 34.1 Å². The first-order valence-corrected chi connectivity index (χ1v) is 7.19. The number of ketones is 2. The molecular formula is C18H13FN2O3. The van der Waals surface area contributed by atoms with Crippen LogP contribution in [0.2, 0.25) is 0 Å². The third-order valence-corrected chi connectivity index (χ3v) is 3.62. The number of aromatic amines is 1. The van der Waals surface area contributed by atoms with Crippen LogP contribution in [-0.2, 0) is 4.79 Å². The van der Waals surface area contributed by atoms with Crippen LogP contribution in [0.5, 0.6) is 0 Å². The predicted octanol–water partition coefficient (Wildman–Crippen LogP) is 3.33. The molecule has 0 unspecified atom stereocenters. The second kappa shape index (κ2) is 6.08. The van der Waals surface area contributed by atoms with E-state index in [1.807, 2.05) is 0 Å². The number of carbonyl (C=O) groups excluding carboxylic acids is 3. The molecule has 3 rings (SSSR count). The van der Waals surface area contributed by atoms with Crippen molar-refractivity contribution in [3.8, 4) is 0 Å². The molecule has 0 fully saturated rings. The standard InChI is InChI=1S/C18H13FN2O3/c1-10(22)11-3-2-4-13(7-11)21-18(24)17(23)15-9-20-16-8-12(19)5-6-14(15)16/h2-9,20H,1H3,(H,21,24). The number of fused-ring (bicyclic) bond motifs is 1. The topological polar surface area (TPSA) is 79.0 Å². The third-order valence-electron chi connectivity index (χ3n) is 3.62. The van der Waals surface area contributed by atoms with E-state index in [2.05, 4.69) is 10.3 Å². The molecule has 1 aromatic heterocycles. The minimum atomic E-state index is -0.832. The highest BCUT2D eigenvalue weighted by Crippen LogP contribution is 2.20. The molecule has 0 atom stereocenters. The Hall–Kier alpha value is -3.28. The van der Waals surface area contributed by atoms with Crippen LogP contribution in [-0.4, -0.2) is 22.5 Å². The summed E-state index contributed by atoms with van der Waals surface area (Å²) in [5.74, 6) is -2.16. The summed E-state index contributed by atoms with van der Waals surface area (Å²) in [6.45, 7) is 1.41. The average molecular weight is 324 g/mol. The van der Waals surface area contributed by atoms with E-state index < -0.39 is 17.5 Å². The van der Waals surface area contributed by atoms with Crippen LogP contribution >= 0.6 is 0 Å². The van der Waals surface area contributed by atoms with Crippen LogP contribution in [0.4, 0.5) is 10.1 Å². The fourth-order valence-electron chi connectivity index (χ4n) is 2.41. The molecule has 1 amide bonds. The summed E-state index contributed by atoms with van der Waals surface area (Å²) < 4.78 is 13.2. The number of benzene rings is 2. The summed E-state index contributed by atoms with van der Waals surface area (Å²) >= 11 is 0. The number of hydrogen-bond acceptors (Lipinski definition) is 3. The van der Waals surface area contributed by atoms with E-state index >= 15 is 0 Å². The van der Waals surface area contributed by atoms with E-state index in [0.717, 1.165) is 0 Å². The van der Waals surface area contributed by atoms with Gasteiger partial charge >= 0.3 is 0 Å². The Morgan fingerprint density at radius 1 is 1.08 bits per heavy atom. The van der Waals surface area contributed by atoms with E-state index in [-0.39, 0.29) is 11.3 Å². The van der Waals surface area contributed by atoms with Gasteiger partial charge in [-0.2, -0.15) is 0 Å². The molecule has 2 aromatic carbocycles. The number of halogens is 1. The van der Waals surface area contributed by atoms with Crippen LogP contribution in [0, 0.1) is 5.82 Å². The molecule has 0 saturated heterocycles. The Balaban J connectivity index is 1.85. The van der Waals surface area contributed by atoms with E-state index in [9.17, 15) is 18.8 Å². The SMILES string of the molecule is CC(=O)c1cccc(NC(=O)C(=O)c2c[nH]c3cc(F)ccc23)c1. The minimum absolute atomic E-state index is 0.143. The predicted molar refractivity (Wildman–Crippen MR) is 87.7 cm³/mol. The number of nitrogens with one attached hydrogen (secondary N) is 2. The van der Waals surface area contributed by atoms with E-state index in [4.69, 9.17) is 0 Å². The number of rotatable bonds is 4. The van der Waals surface area contributed by atoms with Gasteiger partial charge in [-0.25, -0.2) is 4.39 Å². The van der Waals surface area contributed by atoms with Gasteiger partial charge in [-0.05, 0) is 37.3 Å². The van der Waals surface area contributed by atoms with Crippen LogP contribution in [0.1, 0.15) is 27.6 Å². The summed E-state index contributed by atoms with van der Waals surface area (Å²) in [5, 5.41) is 2.94. The van der Waals surface area contributed by atoms with Crippen LogP contribution < -0.4 is 5.32 Å². The molecule has 0 aliphatic carbocycles. The molecule has 0 bridgehead atoms. The zero-order valence-electron chi connectivity index (χ0n) is 12.7. The number of amides is 1. The lowest BCUT2D eigenvalue weighted by atomic mass is 10.1. The maximum absolute atomic E-state index is 13.2. The molecule has 0 aliphatic rings. The first-order chi connectivity index (χ1) is 11.5. The summed E-state index contributed by atoms with van der Waals surface area (Å²) in [5.41, 5.74) is 1.38. The molecule has 3 aromatic rings. The van der Waals surface area contributed by atoms with Crippen molar-refractivity contribution in [2.24, 2.45) is 0 Å². The Bertz CT molecular complexity index is 975. The first kappa shape index (κ1) is 15.6. The highest BCUT2D eigenvalue weighted by Gasteiger charge is 2.20. The maximum Gasteiger partial charge on any atom is 0.296 e. The molecule has 24 heavy (non-hydrogen) atoms. The van der Waals surface area contributed by atoms with Gasteiger partial charge in [0.1, 0.15) is 5.82 Å². The molecule has 5 nitrogen and oxygen atoms in total. The van der Waals surface area contributed by atoms with Crippen molar-refractivity contribution in [1.82, 2.24) is 4.98 Å². The Morgan fingerprint density at radius 3 is 2.62 bits per heavy atom. The summed E-state index contributed by atoms with van der Waals surface area (Å²) in [7, 11) is 0. The van der Waals surface area contributed by atoms with Gasteiger partial charge in [-0.1, -0.05) is 12.1 Å². The average Bonchev–Trinajstić information content (AvgIpc) is 2.97. The van der Waals surface area contributed by atoms with Gasteiger partial charge in [-0.3, -0.25) is 14.4 Å². The number of H-pyrrole nitrogens is 1. The van der Waals surface area contributed by atoms with Crippen molar-refractivity contribution in [1.29, 1.82) is 0 Å². The van der Waals surface area contributed by atoms with Gasteiger partial charge < -0.3 is 10.3 Å². The van der Waals surface area contributed by atoms with Crippen molar-refractivity contribution in [3.63, 3.8) is 0 Å². The number of anilines is 1. The molecule has 0 saturated carbocycles. The summed E-state index contributed by atoms with van der Waals surface area (Å²) in [6.07, 6.45) is 1.37. The van der Waals surface area contributed by atoms with E-state index in [1.54, 1.807) is 18.2 Å². The molecular weight excluding hydrogens is 311 g/mol. The molecule has 2 N–H and O–H groups in total. The highest BCUT2D eigenvalue weighted by molar-refractivity contribution is 6.48. The Morgan fingerprint density at radius 2 is 1.88 bits per heavy atom. The summed E-state index contributed by atoms with van der Waals surface area (Å²) in [6, 6.07) is 10.2. The smallest absolute Gasteiger partial charge is 0.296 e. The fraction of sp³-hybridized carbons (Fsp3) is 0.0556. The van der Waals surface area contributed by atoms with Crippen molar-refractivity contribution in [2.75, 3.05) is 5.32 Å². The largest absolute Gasteiger partial charge is 0.360 e. The van der Waals surface area contributed by atoms with Crippen molar-refractivity contribution < 1.29 is 18.8 Å². The lowest BCUT2D eigenvalue weighted by Crippen LogP contribution is -2.22. The third kappa shape index (κ3) is 2.94. The molecule has 0 spiro atoms. The maximum atomic E-state index is 13.2. The fourth-order valence-corrected chi connectivity index (χ4v) is 2.41. The zero-order chi connectivity index (χ0) is 17.3. The second-order valence-corrected chi connectivity index (χ2v) is 5.31. The van der Waals surface area contributed by atoms with Gasteiger partial charge in [-0.15, -0.1) is 0 Å². The lowest BCUT2D eigenvalue weighted by Gasteiger charge is -2.05. The number of carbonyl (C=O) groups is 3. The lowest BCUT2D eigenvalue weighted by molar-refractivity contribution is -0.112. The van der Waals surface area contributed by atoms with Crippen LogP contribution in [0.15, 0.2) is 48.7 Å². The minimum Gasteiger partial charge on any atom is -0.360 e.